The minimum Gasteiger partial charge on any atom is -0.356 e. The summed E-state index contributed by atoms with van der Waals surface area (Å²) < 4.78 is 0. The van der Waals surface area contributed by atoms with Crippen molar-refractivity contribution in [3.8, 4) is 0 Å². The molecule has 0 aromatic rings. The first-order valence-electron chi connectivity index (χ1n) is 10.0. The van der Waals surface area contributed by atoms with Gasteiger partial charge < -0.3 is 10.6 Å². The van der Waals surface area contributed by atoms with E-state index in [0.29, 0.717) is 6.54 Å². The summed E-state index contributed by atoms with van der Waals surface area (Å²) in [4.78, 5) is 38.1. The molecule has 3 rings (SSSR count). The van der Waals surface area contributed by atoms with E-state index in [9.17, 15) is 14.4 Å². The second-order valence-corrected chi connectivity index (χ2v) is 7.92. The van der Waals surface area contributed by atoms with Gasteiger partial charge in [-0.15, -0.1) is 0 Å². The Kier molecular flexibility index (Phi) is 5.97. The summed E-state index contributed by atoms with van der Waals surface area (Å²) in [6.07, 6.45) is 12.3. The summed E-state index contributed by atoms with van der Waals surface area (Å²) in [6.45, 7) is 0.884. The molecule has 1 spiro atoms. The number of amides is 4. The molecule has 3 aliphatic rings. The van der Waals surface area contributed by atoms with Gasteiger partial charge in [0.15, 0.2) is 0 Å². The van der Waals surface area contributed by atoms with E-state index < -0.39 is 5.54 Å². The van der Waals surface area contributed by atoms with Gasteiger partial charge >= 0.3 is 6.03 Å². The summed E-state index contributed by atoms with van der Waals surface area (Å²) in [5.74, 6) is 0.541. The lowest BCUT2D eigenvalue weighted by molar-refractivity contribution is -0.132. The van der Waals surface area contributed by atoms with Crippen molar-refractivity contribution < 1.29 is 14.4 Å². The minimum absolute atomic E-state index is 0.0685. The highest BCUT2D eigenvalue weighted by molar-refractivity contribution is 6.07. The highest BCUT2D eigenvalue weighted by Crippen LogP contribution is 2.33. The summed E-state index contributed by atoms with van der Waals surface area (Å²) in [5.41, 5.74) is -0.688. The molecule has 25 heavy (non-hydrogen) atoms. The highest BCUT2D eigenvalue weighted by Gasteiger charge is 2.50. The van der Waals surface area contributed by atoms with Gasteiger partial charge in [-0.05, 0) is 25.2 Å². The monoisotopic (exact) mass is 349 g/mol. The number of nitrogens with one attached hydrogen (secondary N) is 2. The standard InChI is InChI=1S/C19H31N3O3/c23-16(20-13-9-15-7-3-1-4-8-15)10-14-22-17(24)19(21-18(22)25)11-5-2-6-12-19/h15H,1-14H2,(H,20,23)(H,21,25). The first kappa shape index (κ1) is 18.2. The number of carbonyl (C=O) groups is 3. The molecule has 1 heterocycles. The van der Waals surface area contributed by atoms with E-state index in [2.05, 4.69) is 10.6 Å². The maximum atomic E-state index is 12.6. The summed E-state index contributed by atoms with van der Waals surface area (Å²) in [5, 5.41) is 5.83. The molecule has 2 N–H and O–H groups in total. The average Bonchev–Trinajstić information content (AvgIpc) is 2.84. The van der Waals surface area contributed by atoms with Gasteiger partial charge in [0.1, 0.15) is 5.54 Å². The van der Waals surface area contributed by atoms with E-state index in [0.717, 1.165) is 44.4 Å². The van der Waals surface area contributed by atoms with Crippen LogP contribution in [0.1, 0.15) is 77.0 Å². The molecule has 6 heteroatoms. The molecule has 0 bridgehead atoms. The van der Waals surface area contributed by atoms with Crippen LogP contribution < -0.4 is 10.6 Å². The average molecular weight is 349 g/mol. The van der Waals surface area contributed by atoms with Crippen molar-refractivity contribution in [3.63, 3.8) is 0 Å². The molecule has 0 unspecified atom stereocenters. The van der Waals surface area contributed by atoms with E-state index in [-0.39, 0.29) is 30.8 Å². The minimum atomic E-state index is -0.688. The SMILES string of the molecule is O=C(CCN1C(=O)NC2(CCCCC2)C1=O)NCCC1CCCCC1. The zero-order chi connectivity index (χ0) is 17.7. The van der Waals surface area contributed by atoms with Crippen LogP contribution in [0.3, 0.4) is 0 Å². The van der Waals surface area contributed by atoms with E-state index >= 15 is 0 Å². The van der Waals surface area contributed by atoms with Crippen LogP contribution in [0.4, 0.5) is 4.79 Å². The summed E-state index contributed by atoms with van der Waals surface area (Å²) >= 11 is 0. The fourth-order valence-corrected chi connectivity index (χ4v) is 4.57. The molecular formula is C19H31N3O3. The predicted octanol–water partition coefficient (Wildman–Crippen LogP) is 2.72. The number of urea groups is 1. The maximum Gasteiger partial charge on any atom is 0.325 e. The van der Waals surface area contributed by atoms with Crippen LogP contribution in [0, 0.1) is 5.92 Å². The summed E-state index contributed by atoms with van der Waals surface area (Å²) in [7, 11) is 0. The number of nitrogens with zero attached hydrogens (tertiary/aromatic N) is 1. The van der Waals surface area contributed by atoms with Crippen LogP contribution in [0.25, 0.3) is 0 Å². The normalized spacial score (nSPS) is 23.8. The Bertz CT molecular complexity index is 508. The van der Waals surface area contributed by atoms with Gasteiger partial charge in [0.05, 0.1) is 0 Å². The van der Waals surface area contributed by atoms with Crippen LogP contribution in [0.2, 0.25) is 0 Å². The number of carbonyl (C=O) groups excluding carboxylic acids is 3. The third-order valence-electron chi connectivity index (χ3n) is 6.11. The van der Waals surface area contributed by atoms with Crippen molar-refractivity contribution in [2.75, 3.05) is 13.1 Å². The third-order valence-corrected chi connectivity index (χ3v) is 6.11. The Morgan fingerprint density at radius 1 is 1.08 bits per heavy atom. The molecule has 0 aromatic carbocycles. The molecule has 140 valence electrons. The van der Waals surface area contributed by atoms with Crippen molar-refractivity contribution in [1.82, 2.24) is 15.5 Å². The first-order valence-corrected chi connectivity index (χ1v) is 10.0. The molecule has 6 nitrogen and oxygen atoms in total. The predicted molar refractivity (Wildman–Crippen MR) is 94.9 cm³/mol. The van der Waals surface area contributed by atoms with Crippen molar-refractivity contribution in [3.05, 3.63) is 0 Å². The second kappa shape index (κ2) is 8.19. The third kappa shape index (κ3) is 4.33. The molecular weight excluding hydrogens is 318 g/mol. The van der Waals surface area contributed by atoms with Crippen LogP contribution in [-0.2, 0) is 9.59 Å². The molecule has 0 atom stereocenters. The fraction of sp³-hybridized carbons (Fsp3) is 0.842. The van der Waals surface area contributed by atoms with Crippen molar-refractivity contribution >= 4 is 17.8 Å². The topological polar surface area (TPSA) is 78.5 Å². The molecule has 0 aromatic heterocycles. The molecule has 4 amide bonds. The largest absolute Gasteiger partial charge is 0.356 e. The molecule has 2 aliphatic carbocycles. The van der Waals surface area contributed by atoms with E-state index in [1.54, 1.807) is 0 Å². The number of imide groups is 1. The lowest BCUT2D eigenvalue weighted by Crippen LogP contribution is -2.48. The molecule has 0 radical (unpaired) electrons. The Morgan fingerprint density at radius 2 is 1.76 bits per heavy atom. The van der Waals surface area contributed by atoms with Gasteiger partial charge in [-0.25, -0.2) is 4.79 Å². The maximum absolute atomic E-state index is 12.6. The van der Waals surface area contributed by atoms with Gasteiger partial charge in [-0.3, -0.25) is 14.5 Å². The second-order valence-electron chi connectivity index (χ2n) is 7.92. The van der Waals surface area contributed by atoms with Crippen LogP contribution >= 0.6 is 0 Å². The van der Waals surface area contributed by atoms with Gasteiger partial charge in [-0.2, -0.15) is 0 Å². The fourth-order valence-electron chi connectivity index (χ4n) is 4.57. The molecule has 1 saturated heterocycles. The van der Waals surface area contributed by atoms with Crippen LogP contribution in [0.5, 0.6) is 0 Å². The van der Waals surface area contributed by atoms with Gasteiger partial charge in [0.25, 0.3) is 5.91 Å². The van der Waals surface area contributed by atoms with Gasteiger partial charge in [0.2, 0.25) is 5.91 Å². The Hall–Kier alpha value is -1.59. The van der Waals surface area contributed by atoms with Crippen molar-refractivity contribution in [2.45, 2.75) is 82.6 Å². The number of hydrogen-bond donors (Lipinski definition) is 2. The molecule has 1 aliphatic heterocycles. The van der Waals surface area contributed by atoms with Crippen molar-refractivity contribution in [2.24, 2.45) is 5.92 Å². The lowest BCUT2D eigenvalue weighted by Gasteiger charge is -2.30. The quantitative estimate of drug-likeness (QED) is 0.724. The Labute approximate surface area is 150 Å². The van der Waals surface area contributed by atoms with Gasteiger partial charge in [0, 0.05) is 19.5 Å². The van der Waals surface area contributed by atoms with Gasteiger partial charge in [-0.1, -0.05) is 51.4 Å². The van der Waals surface area contributed by atoms with E-state index in [1.807, 2.05) is 0 Å². The van der Waals surface area contributed by atoms with E-state index in [1.165, 1.54) is 37.0 Å². The number of rotatable bonds is 6. The Balaban J connectivity index is 1.39. The first-order chi connectivity index (χ1) is 12.1. The smallest absolute Gasteiger partial charge is 0.325 e. The molecule has 2 saturated carbocycles. The zero-order valence-corrected chi connectivity index (χ0v) is 15.1. The molecule has 3 fully saturated rings. The van der Waals surface area contributed by atoms with Crippen LogP contribution in [0.15, 0.2) is 0 Å². The summed E-state index contributed by atoms with van der Waals surface area (Å²) in [6, 6.07) is -0.332. The van der Waals surface area contributed by atoms with Crippen LogP contribution in [-0.4, -0.2) is 41.4 Å². The van der Waals surface area contributed by atoms with Crippen molar-refractivity contribution in [1.29, 1.82) is 0 Å². The Morgan fingerprint density at radius 3 is 2.48 bits per heavy atom. The zero-order valence-electron chi connectivity index (χ0n) is 15.1. The number of hydrogen-bond acceptors (Lipinski definition) is 3. The lowest BCUT2D eigenvalue weighted by atomic mass is 9.82. The van der Waals surface area contributed by atoms with E-state index in [4.69, 9.17) is 0 Å². The highest BCUT2D eigenvalue weighted by atomic mass is 16.2.